The largest absolute Gasteiger partial charge is 0.354 e. The van der Waals surface area contributed by atoms with Crippen molar-refractivity contribution in [3.63, 3.8) is 0 Å². The molecule has 1 aromatic rings. The van der Waals surface area contributed by atoms with E-state index in [9.17, 15) is 17.6 Å². The Morgan fingerprint density at radius 3 is 2.18 bits per heavy atom. The first-order valence-corrected chi connectivity index (χ1v) is 11.6. The van der Waals surface area contributed by atoms with Crippen LogP contribution >= 0.6 is 12.4 Å². The summed E-state index contributed by atoms with van der Waals surface area (Å²) in [6.45, 7) is 1.43. The lowest BCUT2D eigenvalue weighted by Gasteiger charge is -2.40. The summed E-state index contributed by atoms with van der Waals surface area (Å²) < 4.78 is 36.9. The molecule has 1 aliphatic heterocycles. The van der Waals surface area contributed by atoms with Crippen molar-refractivity contribution in [2.45, 2.75) is 55.1 Å². The standard InChI is InChI=1S/C20H29FN2O3S.ClH/c1-27(25,26)20(11-13-22-14-12-20)18(24)23-15-19(9-3-2-4-10-19)16-5-7-17(21)8-6-16;/h5-8,22H,2-4,9-15H2,1H3,(H,23,24);1H. The van der Waals surface area contributed by atoms with Crippen LogP contribution in [0.3, 0.4) is 0 Å². The van der Waals surface area contributed by atoms with Crippen molar-refractivity contribution in [1.82, 2.24) is 10.6 Å². The Bertz CT molecular complexity index is 771. The molecule has 0 aromatic heterocycles. The normalized spacial score (nSPS) is 21.4. The molecule has 8 heteroatoms. The number of piperidine rings is 1. The zero-order valence-electron chi connectivity index (χ0n) is 16.3. The van der Waals surface area contributed by atoms with Gasteiger partial charge in [0.2, 0.25) is 5.91 Å². The zero-order chi connectivity index (χ0) is 19.5. The smallest absolute Gasteiger partial charge is 0.241 e. The van der Waals surface area contributed by atoms with E-state index in [0.717, 1.165) is 43.9 Å². The number of rotatable bonds is 5. The minimum Gasteiger partial charge on any atom is -0.354 e. The summed E-state index contributed by atoms with van der Waals surface area (Å²) in [7, 11) is -3.53. The topological polar surface area (TPSA) is 75.3 Å². The summed E-state index contributed by atoms with van der Waals surface area (Å²) in [5.41, 5.74) is 0.760. The second-order valence-corrected chi connectivity index (χ2v) is 10.4. The summed E-state index contributed by atoms with van der Waals surface area (Å²) >= 11 is 0. The molecule has 5 nitrogen and oxygen atoms in total. The first-order chi connectivity index (χ1) is 12.8. The summed E-state index contributed by atoms with van der Waals surface area (Å²) in [4.78, 5) is 13.1. The molecule has 0 bridgehead atoms. The number of nitrogens with one attached hydrogen (secondary N) is 2. The average Bonchev–Trinajstić information content (AvgIpc) is 2.67. The third kappa shape index (κ3) is 4.52. The Morgan fingerprint density at radius 1 is 1.07 bits per heavy atom. The van der Waals surface area contributed by atoms with Crippen LogP contribution in [0.4, 0.5) is 4.39 Å². The summed E-state index contributed by atoms with van der Waals surface area (Å²) in [6, 6.07) is 6.50. The maximum Gasteiger partial charge on any atom is 0.241 e. The van der Waals surface area contributed by atoms with Gasteiger partial charge in [-0.1, -0.05) is 31.4 Å². The quantitative estimate of drug-likeness (QED) is 0.750. The first-order valence-electron chi connectivity index (χ1n) is 9.74. The van der Waals surface area contributed by atoms with E-state index in [1.165, 1.54) is 12.1 Å². The molecule has 1 aromatic carbocycles. The molecule has 2 fully saturated rings. The lowest BCUT2D eigenvalue weighted by atomic mass is 9.69. The fourth-order valence-corrected chi connectivity index (χ4v) is 5.96. The number of halogens is 2. The van der Waals surface area contributed by atoms with Gasteiger partial charge in [-0.15, -0.1) is 12.4 Å². The van der Waals surface area contributed by atoms with Crippen molar-refractivity contribution >= 4 is 28.2 Å². The number of hydrogen-bond donors (Lipinski definition) is 2. The molecule has 1 heterocycles. The Labute approximate surface area is 173 Å². The second kappa shape index (κ2) is 9.09. The van der Waals surface area contributed by atoms with Crippen molar-refractivity contribution in [2.24, 2.45) is 0 Å². The molecule has 158 valence electrons. The second-order valence-electron chi connectivity index (χ2n) is 8.05. The van der Waals surface area contributed by atoms with Crippen molar-refractivity contribution in [3.8, 4) is 0 Å². The number of carbonyl (C=O) groups is 1. The van der Waals surface area contributed by atoms with Crippen molar-refractivity contribution in [2.75, 3.05) is 25.9 Å². The van der Waals surface area contributed by atoms with Crippen molar-refractivity contribution < 1.29 is 17.6 Å². The monoisotopic (exact) mass is 432 g/mol. The molecular formula is C20H30ClFN2O3S. The molecule has 1 amide bonds. The molecule has 1 saturated carbocycles. The highest BCUT2D eigenvalue weighted by Crippen LogP contribution is 2.39. The fraction of sp³-hybridized carbons (Fsp3) is 0.650. The predicted molar refractivity (Wildman–Crippen MR) is 111 cm³/mol. The number of amides is 1. The van der Waals surface area contributed by atoms with Crippen LogP contribution in [0.5, 0.6) is 0 Å². The number of carbonyl (C=O) groups excluding carboxylic acids is 1. The molecule has 0 spiro atoms. The molecular weight excluding hydrogens is 403 g/mol. The van der Waals surface area contributed by atoms with Gasteiger partial charge in [0.1, 0.15) is 5.82 Å². The summed E-state index contributed by atoms with van der Waals surface area (Å²) in [5.74, 6) is -0.668. The average molecular weight is 433 g/mol. The van der Waals surface area contributed by atoms with Crippen LogP contribution in [0.15, 0.2) is 24.3 Å². The Balaban J connectivity index is 0.00000280. The van der Waals surface area contributed by atoms with Gasteiger partial charge in [0, 0.05) is 18.2 Å². The van der Waals surface area contributed by atoms with Gasteiger partial charge >= 0.3 is 0 Å². The van der Waals surface area contributed by atoms with E-state index in [4.69, 9.17) is 0 Å². The molecule has 2 N–H and O–H groups in total. The number of sulfone groups is 1. The van der Waals surface area contributed by atoms with Gasteiger partial charge in [0.05, 0.1) is 0 Å². The molecule has 0 unspecified atom stereocenters. The van der Waals surface area contributed by atoms with Crippen LogP contribution in [-0.4, -0.2) is 45.0 Å². The molecule has 2 aliphatic rings. The van der Waals surface area contributed by atoms with Crippen molar-refractivity contribution in [3.05, 3.63) is 35.6 Å². The van der Waals surface area contributed by atoms with Crippen LogP contribution in [0.25, 0.3) is 0 Å². The molecule has 0 atom stereocenters. The first kappa shape index (κ1) is 23.1. The third-order valence-electron chi connectivity index (χ3n) is 6.39. The van der Waals surface area contributed by atoms with Gasteiger partial charge in [-0.05, 0) is 56.5 Å². The molecule has 0 radical (unpaired) electrons. The van der Waals surface area contributed by atoms with E-state index in [2.05, 4.69) is 10.6 Å². The highest BCUT2D eigenvalue weighted by Gasteiger charge is 2.49. The van der Waals surface area contributed by atoms with Gasteiger partial charge in [-0.3, -0.25) is 4.79 Å². The minimum atomic E-state index is -3.53. The van der Waals surface area contributed by atoms with Gasteiger partial charge < -0.3 is 10.6 Å². The van der Waals surface area contributed by atoms with E-state index in [0.29, 0.717) is 32.5 Å². The molecule has 28 heavy (non-hydrogen) atoms. The Kier molecular flexibility index (Phi) is 7.50. The maximum atomic E-state index is 13.4. The van der Waals surface area contributed by atoms with Gasteiger partial charge in [-0.25, -0.2) is 12.8 Å². The lowest BCUT2D eigenvalue weighted by Crippen LogP contribution is -2.58. The Hall–Kier alpha value is -1.18. The molecule has 1 aliphatic carbocycles. The van der Waals surface area contributed by atoms with E-state index >= 15 is 0 Å². The summed E-state index contributed by atoms with van der Waals surface area (Å²) in [6.07, 6.45) is 6.81. The molecule has 1 saturated heterocycles. The molecule has 3 rings (SSSR count). The van der Waals surface area contributed by atoms with Gasteiger partial charge in [0.25, 0.3) is 0 Å². The zero-order valence-corrected chi connectivity index (χ0v) is 17.9. The van der Waals surface area contributed by atoms with Gasteiger partial charge in [0.15, 0.2) is 14.6 Å². The predicted octanol–water partition coefficient (Wildman–Crippen LogP) is 2.73. The Morgan fingerprint density at radius 2 is 1.64 bits per heavy atom. The number of hydrogen-bond acceptors (Lipinski definition) is 4. The SMILES string of the molecule is CS(=O)(=O)C1(C(=O)NCC2(c3ccc(F)cc3)CCCCC2)CCNCC1.Cl. The highest BCUT2D eigenvalue weighted by molar-refractivity contribution is 7.92. The van der Waals surface area contributed by atoms with Crippen LogP contribution in [0.1, 0.15) is 50.5 Å². The minimum absolute atomic E-state index is 0. The lowest BCUT2D eigenvalue weighted by molar-refractivity contribution is -0.124. The van der Waals surface area contributed by atoms with Crippen LogP contribution < -0.4 is 10.6 Å². The maximum absolute atomic E-state index is 13.4. The van der Waals surface area contributed by atoms with Gasteiger partial charge in [-0.2, -0.15) is 0 Å². The highest BCUT2D eigenvalue weighted by atomic mass is 35.5. The van der Waals surface area contributed by atoms with E-state index < -0.39 is 20.5 Å². The van der Waals surface area contributed by atoms with Crippen LogP contribution in [-0.2, 0) is 20.0 Å². The van der Waals surface area contributed by atoms with E-state index in [1.807, 2.05) is 0 Å². The third-order valence-corrected chi connectivity index (χ3v) is 8.40. The summed E-state index contributed by atoms with van der Waals surface area (Å²) in [5, 5.41) is 6.11. The van der Waals surface area contributed by atoms with Crippen LogP contribution in [0.2, 0.25) is 0 Å². The van der Waals surface area contributed by atoms with Crippen molar-refractivity contribution in [1.29, 1.82) is 0 Å². The fourth-order valence-electron chi connectivity index (χ4n) is 4.61. The van der Waals surface area contributed by atoms with E-state index in [1.54, 1.807) is 12.1 Å². The number of benzene rings is 1. The van der Waals surface area contributed by atoms with Crippen LogP contribution in [0, 0.1) is 5.82 Å². The van der Waals surface area contributed by atoms with E-state index in [-0.39, 0.29) is 23.6 Å².